The fraction of sp³-hybridized carbons (Fsp3) is 0.474. The minimum atomic E-state index is -0.844. The highest BCUT2D eigenvalue weighted by Gasteiger charge is 2.31. The third kappa shape index (κ3) is 5.54. The Morgan fingerprint density at radius 3 is 2.30 bits per heavy atom. The minimum Gasteiger partial charge on any atom is -0.497 e. The first-order valence-corrected chi connectivity index (χ1v) is 8.62. The van der Waals surface area contributed by atoms with Gasteiger partial charge in [-0.15, -0.1) is 0 Å². The maximum absolute atomic E-state index is 12.7. The Morgan fingerprint density at radius 1 is 1.15 bits per heavy atom. The Labute approximate surface area is 158 Å². The summed E-state index contributed by atoms with van der Waals surface area (Å²) < 4.78 is 15.4. The van der Waals surface area contributed by atoms with E-state index in [1.54, 1.807) is 66.0 Å². The minimum absolute atomic E-state index is 0.171. The van der Waals surface area contributed by atoms with Crippen molar-refractivity contribution in [3.8, 4) is 17.1 Å². The lowest BCUT2D eigenvalue weighted by Gasteiger charge is -2.24. The SMILES string of the molecule is COc1ccc(-c2noc(C(=O)C(NC(=O)OC(C)(C)C)C(C)C)n2)cc1. The van der Waals surface area contributed by atoms with Gasteiger partial charge < -0.3 is 19.3 Å². The van der Waals surface area contributed by atoms with Gasteiger partial charge in [0.05, 0.1) is 7.11 Å². The normalized spacial score (nSPS) is 12.6. The van der Waals surface area contributed by atoms with Crippen molar-refractivity contribution in [1.29, 1.82) is 0 Å². The third-order valence-electron chi connectivity index (χ3n) is 3.61. The third-order valence-corrected chi connectivity index (χ3v) is 3.61. The zero-order valence-corrected chi connectivity index (χ0v) is 16.4. The van der Waals surface area contributed by atoms with Crippen molar-refractivity contribution >= 4 is 11.9 Å². The number of ketones is 1. The van der Waals surface area contributed by atoms with Gasteiger partial charge in [0.1, 0.15) is 17.4 Å². The second-order valence-corrected chi connectivity index (χ2v) is 7.38. The Kier molecular flexibility index (Phi) is 6.20. The van der Waals surface area contributed by atoms with Gasteiger partial charge in [-0.25, -0.2) is 4.79 Å². The number of ether oxygens (including phenoxy) is 2. The Balaban J connectivity index is 2.16. The van der Waals surface area contributed by atoms with Crippen LogP contribution in [0.25, 0.3) is 11.4 Å². The zero-order valence-electron chi connectivity index (χ0n) is 16.4. The maximum atomic E-state index is 12.7. The van der Waals surface area contributed by atoms with Gasteiger partial charge in [-0.05, 0) is 51.0 Å². The van der Waals surface area contributed by atoms with Crippen molar-refractivity contribution in [3.05, 3.63) is 30.2 Å². The van der Waals surface area contributed by atoms with Crippen LogP contribution in [0.1, 0.15) is 45.3 Å². The van der Waals surface area contributed by atoms with Crippen molar-refractivity contribution in [2.24, 2.45) is 5.92 Å². The second-order valence-electron chi connectivity index (χ2n) is 7.38. The molecule has 1 atom stereocenters. The lowest BCUT2D eigenvalue weighted by Crippen LogP contribution is -2.46. The van der Waals surface area contributed by atoms with Gasteiger partial charge in [0, 0.05) is 5.56 Å². The number of benzene rings is 1. The Bertz CT molecular complexity index is 790. The van der Waals surface area contributed by atoms with Gasteiger partial charge in [-0.2, -0.15) is 4.98 Å². The average Bonchev–Trinajstić information content (AvgIpc) is 3.07. The number of alkyl carbamates (subject to hydrolysis) is 1. The first kappa shape index (κ1) is 20.4. The lowest BCUT2D eigenvalue weighted by molar-refractivity contribution is 0.0471. The molecule has 0 spiro atoms. The molecule has 2 aromatic rings. The van der Waals surface area contributed by atoms with E-state index in [9.17, 15) is 9.59 Å². The summed E-state index contributed by atoms with van der Waals surface area (Å²) in [4.78, 5) is 28.9. The number of carbonyl (C=O) groups excluding carboxylic acids is 2. The summed E-state index contributed by atoms with van der Waals surface area (Å²) in [7, 11) is 1.57. The lowest BCUT2D eigenvalue weighted by atomic mass is 10.00. The molecule has 0 aliphatic carbocycles. The first-order chi connectivity index (χ1) is 12.6. The molecule has 8 nitrogen and oxygen atoms in total. The van der Waals surface area contributed by atoms with Crippen molar-refractivity contribution in [2.75, 3.05) is 7.11 Å². The van der Waals surface area contributed by atoms with Crippen LogP contribution >= 0.6 is 0 Å². The molecule has 1 aromatic carbocycles. The number of nitrogens with one attached hydrogen (secondary N) is 1. The van der Waals surface area contributed by atoms with E-state index in [-0.39, 0.29) is 17.6 Å². The number of hydrogen-bond donors (Lipinski definition) is 1. The Morgan fingerprint density at radius 2 is 1.78 bits per heavy atom. The van der Waals surface area contributed by atoms with E-state index < -0.39 is 23.5 Å². The van der Waals surface area contributed by atoms with Crippen LogP contribution in [0.4, 0.5) is 4.79 Å². The summed E-state index contributed by atoms with van der Waals surface area (Å²) in [6.07, 6.45) is -0.676. The highest BCUT2D eigenvalue weighted by atomic mass is 16.6. The summed E-state index contributed by atoms with van der Waals surface area (Å²) in [6.45, 7) is 8.86. The number of nitrogens with zero attached hydrogens (tertiary/aromatic N) is 2. The van der Waals surface area contributed by atoms with Gasteiger partial charge in [0.15, 0.2) is 0 Å². The fourth-order valence-electron chi connectivity index (χ4n) is 2.28. The summed E-state index contributed by atoms with van der Waals surface area (Å²) >= 11 is 0. The quantitative estimate of drug-likeness (QED) is 0.771. The Hall–Kier alpha value is -2.90. The van der Waals surface area contributed by atoms with Crippen LogP contribution in [-0.4, -0.2) is 40.8 Å². The number of hydrogen-bond acceptors (Lipinski definition) is 7. The first-order valence-electron chi connectivity index (χ1n) is 8.62. The predicted molar refractivity (Wildman–Crippen MR) is 98.6 cm³/mol. The molecule has 0 fully saturated rings. The molecular weight excluding hydrogens is 350 g/mol. The molecule has 27 heavy (non-hydrogen) atoms. The maximum Gasteiger partial charge on any atom is 0.408 e. The molecule has 1 amide bonds. The highest BCUT2D eigenvalue weighted by molar-refractivity contribution is 5.98. The molecule has 1 aromatic heterocycles. The van der Waals surface area contributed by atoms with Crippen LogP contribution in [0.3, 0.4) is 0 Å². The summed E-state index contributed by atoms with van der Waals surface area (Å²) in [5.74, 6) is 0.140. The zero-order chi connectivity index (χ0) is 20.2. The fourth-order valence-corrected chi connectivity index (χ4v) is 2.28. The molecule has 0 aliphatic rings. The van der Waals surface area contributed by atoms with E-state index in [1.807, 2.05) is 0 Å². The molecule has 0 saturated carbocycles. The smallest absolute Gasteiger partial charge is 0.408 e. The second kappa shape index (κ2) is 8.20. The molecular formula is C19H25N3O5. The predicted octanol–water partition coefficient (Wildman–Crippen LogP) is 3.48. The van der Waals surface area contributed by atoms with Gasteiger partial charge in [-0.3, -0.25) is 4.79 Å². The molecule has 0 saturated heterocycles. The van der Waals surface area contributed by atoms with Crippen LogP contribution in [0, 0.1) is 5.92 Å². The molecule has 1 N–H and O–H groups in total. The number of amides is 1. The van der Waals surface area contributed by atoms with Crippen LogP contribution in [0.2, 0.25) is 0 Å². The van der Waals surface area contributed by atoms with Gasteiger partial charge >= 0.3 is 6.09 Å². The molecule has 0 bridgehead atoms. The van der Waals surface area contributed by atoms with Crippen molar-refractivity contribution < 1.29 is 23.6 Å². The summed E-state index contributed by atoms with van der Waals surface area (Å²) in [5.41, 5.74) is 0.0144. The van der Waals surface area contributed by atoms with E-state index in [0.717, 1.165) is 0 Å². The molecule has 0 aliphatic heterocycles. The average molecular weight is 375 g/mol. The standard InChI is InChI=1S/C19H25N3O5/c1-11(2)14(20-18(24)26-19(3,4)5)15(23)17-21-16(22-27-17)12-7-9-13(25-6)10-8-12/h7-11,14H,1-6H3,(H,20,24). The molecule has 1 unspecified atom stereocenters. The van der Waals surface area contributed by atoms with Gasteiger partial charge in [0.2, 0.25) is 11.6 Å². The van der Waals surface area contributed by atoms with Crippen LogP contribution < -0.4 is 10.1 Å². The van der Waals surface area contributed by atoms with Gasteiger partial charge in [0.25, 0.3) is 5.89 Å². The van der Waals surface area contributed by atoms with E-state index in [4.69, 9.17) is 14.0 Å². The number of Topliss-reactive ketones (excluding diaryl/α,β-unsaturated/α-hetero) is 1. The van der Waals surface area contributed by atoms with E-state index in [0.29, 0.717) is 11.3 Å². The monoisotopic (exact) mass is 375 g/mol. The van der Waals surface area contributed by atoms with Crippen molar-refractivity contribution in [2.45, 2.75) is 46.3 Å². The molecule has 0 radical (unpaired) electrons. The number of aromatic nitrogens is 2. The number of rotatable bonds is 6. The topological polar surface area (TPSA) is 104 Å². The van der Waals surface area contributed by atoms with Crippen molar-refractivity contribution in [3.63, 3.8) is 0 Å². The van der Waals surface area contributed by atoms with E-state index in [2.05, 4.69) is 15.5 Å². The molecule has 8 heteroatoms. The molecule has 2 rings (SSSR count). The van der Waals surface area contributed by atoms with Crippen LogP contribution in [0.5, 0.6) is 5.75 Å². The summed E-state index contributed by atoms with van der Waals surface area (Å²) in [5, 5.41) is 6.43. The van der Waals surface area contributed by atoms with Crippen molar-refractivity contribution in [1.82, 2.24) is 15.5 Å². The number of methoxy groups -OCH3 is 1. The van der Waals surface area contributed by atoms with Gasteiger partial charge in [-0.1, -0.05) is 19.0 Å². The number of carbonyl (C=O) groups is 2. The van der Waals surface area contributed by atoms with Crippen LogP contribution in [0.15, 0.2) is 28.8 Å². The molecule has 146 valence electrons. The largest absolute Gasteiger partial charge is 0.497 e. The van der Waals surface area contributed by atoms with E-state index in [1.165, 1.54) is 0 Å². The van der Waals surface area contributed by atoms with Crippen LogP contribution in [-0.2, 0) is 4.74 Å². The molecule has 1 heterocycles. The summed E-state index contributed by atoms with van der Waals surface area (Å²) in [6, 6.07) is 6.19. The van der Waals surface area contributed by atoms with E-state index >= 15 is 0 Å². The highest BCUT2D eigenvalue weighted by Crippen LogP contribution is 2.20.